The van der Waals surface area contributed by atoms with E-state index in [9.17, 15) is 22.0 Å². The first-order chi connectivity index (χ1) is 13.3. The van der Waals surface area contributed by atoms with E-state index in [2.05, 4.69) is 14.7 Å². The van der Waals surface area contributed by atoms with E-state index in [1.165, 1.54) is 19.1 Å². The maximum atomic E-state index is 13.8. The molecular formula is C17H18F5N5O2. The number of nitrogens with one attached hydrogen (secondary N) is 2. The summed E-state index contributed by atoms with van der Waals surface area (Å²) in [4.78, 5) is 7.70. The second-order valence-corrected chi connectivity index (χ2v) is 6.32. The van der Waals surface area contributed by atoms with E-state index < -0.39 is 29.2 Å². The number of pyridine rings is 1. The second-order valence-electron chi connectivity index (χ2n) is 6.32. The second kappa shape index (κ2) is 7.85. The molecule has 0 amide bonds. The minimum atomic E-state index is -4.61. The van der Waals surface area contributed by atoms with Gasteiger partial charge in [-0.3, -0.25) is 20.4 Å². The molecular weight excluding hydrogens is 401 g/mol. The third kappa shape index (κ3) is 4.94. The van der Waals surface area contributed by atoms with Crippen molar-refractivity contribution in [1.29, 1.82) is 10.8 Å². The van der Waals surface area contributed by atoms with Crippen LogP contribution in [0.25, 0.3) is 11.3 Å². The minimum Gasteiger partial charge on any atom is -0.462 e. The van der Waals surface area contributed by atoms with Gasteiger partial charge in [-0.2, -0.15) is 22.0 Å². The van der Waals surface area contributed by atoms with E-state index in [0.717, 1.165) is 32.4 Å². The topological polar surface area (TPSA) is 96.9 Å². The van der Waals surface area contributed by atoms with Gasteiger partial charge in [0.05, 0.1) is 18.5 Å². The Kier molecular flexibility index (Phi) is 6.07. The molecule has 0 radical (unpaired) electrons. The van der Waals surface area contributed by atoms with Crippen molar-refractivity contribution in [2.24, 2.45) is 0 Å². The molecule has 0 saturated heterocycles. The maximum Gasteiger partial charge on any atom is 0.427 e. The molecule has 0 aliphatic heterocycles. The molecule has 2 aromatic rings. The number of aromatic nitrogens is 3. The average Bonchev–Trinajstić information content (AvgIpc) is 2.61. The van der Waals surface area contributed by atoms with Gasteiger partial charge in [0.1, 0.15) is 5.49 Å². The summed E-state index contributed by atoms with van der Waals surface area (Å²) in [5.41, 5.74) is -2.64. The van der Waals surface area contributed by atoms with Crippen molar-refractivity contribution in [3.05, 3.63) is 36.2 Å². The number of ether oxygens (including phenoxy) is 2. The van der Waals surface area contributed by atoms with Crippen LogP contribution in [0.15, 0.2) is 30.7 Å². The lowest BCUT2D eigenvalue weighted by Gasteiger charge is -2.28. The van der Waals surface area contributed by atoms with Crippen molar-refractivity contribution >= 4 is 5.84 Å². The van der Waals surface area contributed by atoms with Crippen molar-refractivity contribution in [3.8, 4) is 17.1 Å². The van der Waals surface area contributed by atoms with Crippen LogP contribution in [0.1, 0.15) is 20.8 Å². The SMILES string of the molecule is CCOC(F)(F)C(=N)n1cc(-c2ccc(OC(C)(C)C(F)(F)F)nc2)ncc1=N. The molecule has 0 aliphatic rings. The van der Waals surface area contributed by atoms with Crippen LogP contribution >= 0.6 is 0 Å². The van der Waals surface area contributed by atoms with Crippen LogP contribution < -0.4 is 10.2 Å². The maximum absolute atomic E-state index is 13.8. The Labute approximate surface area is 162 Å². The Hall–Kier alpha value is -2.89. The third-order valence-corrected chi connectivity index (χ3v) is 3.75. The van der Waals surface area contributed by atoms with Gasteiger partial charge in [0.2, 0.25) is 11.7 Å². The summed E-state index contributed by atoms with van der Waals surface area (Å²) in [6.45, 7) is 2.69. The first-order valence-electron chi connectivity index (χ1n) is 8.25. The van der Waals surface area contributed by atoms with Gasteiger partial charge in [-0.25, -0.2) is 4.98 Å². The summed E-state index contributed by atoms with van der Waals surface area (Å²) < 4.78 is 76.0. The molecule has 0 fully saturated rings. The van der Waals surface area contributed by atoms with Crippen LogP contribution in [-0.4, -0.2) is 44.9 Å². The van der Waals surface area contributed by atoms with Crippen LogP contribution in [0.5, 0.6) is 5.88 Å². The molecule has 0 bridgehead atoms. The molecule has 0 aliphatic carbocycles. The lowest BCUT2D eigenvalue weighted by molar-refractivity contribution is -0.235. The molecule has 29 heavy (non-hydrogen) atoms. The van der Waals surface area contributed by atoms with Gasteiger partial charge >= 0.3 is 12.3 Å². The van der Waals surface area contributed by atoms with E-state index in [0.29, 0.717) is 4.57 Å². The zero-order valence-electron chi connectivity index (χ0n) is 15.6. The normalized spacial score (nSPS) is 12.7. The Morgan fingerprint density at radius 1 is 1.10 bits per heavy atom. The Morgan fingerprint density at radius 2 is 1.76 bits per heavy atom. The molecule has 2 N–H and O–H groups in total. The number of nitrogens with zero attached hydrogens (tertiary/aromatic N) is 3. The van der Waals surface area contributed by atoms with Crippen LogP contribution in [0.2, 0.25) is 0 Å². The van der Waals surface area contributed by atoms with Crippen molar-refractivity contribution < 1.29 is 31.4 Å². The summed E-state index contributed by atoms with van der Waals surface area (Å²) in [7, 11) is 0. The molecule has 7 nitrogen and oxygen atoms in total. The predicted molar refractivity (Wildman–Crippen MR) is 91.8 cm³/mol. The van der Waals surface area contributed by atoms with Gasteiger partial charge in [-0.1, -0.05) is 0 Å². The smallest absolute Gasteiger partial charge is 0.427 e. The predicted octanol–water partition coefficient (Wildman–Crippen LogP) is 3.60. The highest BCUT2D eigenvalue weighted by Crippen LogP contribution is 2.33. The van der Waals surface area contributed by atoms with Gasteiger partial charge in [0.15, 0.2) is 5.60 Å². The molecule has 0 aromatic carbocycles. The van der Waals surface area contributed by atoms with Gasteiger partial charge in [-0.05, 0) is 26.8 Å². The number of halogens is 5. The molecule has 0 unspecified atom stereocenters. The molecule has 2 aromatic heterocycles. The average molecular weight is 419 g/mol. The molecule has 0 saturated carbocycles. The highest BCUT2D eigenvalue weighted by molar-refractivity contribution is 5.87. The lowest BCUT2D eigenvalue weighted by atomic mass is 10.1. The zero-order valence-corrected chi connectivity index (χ0v) is 15.6. The zero-order chi connectivity index (χ0) is 22.0. The van der Waals surface area contributed by atoms with E-state index in [-0.39, 0.29) is 23.7 Å². The van der Waals surface area contributed by atoms with Crippen LogP contribution in [0.3, 0.4) is 0 Å². The molecule has 12 heteroatoms. The number of hydrogen-bond donors (Lipinski definition) is 2. The van der Waals surface area contributed by atoms with Gasteiger partial charge in [0, 0.05) is 24.0 Å². The van der Waals surface area contributed by atoms with E-state index in [4.69, 9.17) is 15.6 Å². The van der Waals surface area contributed by atoms with Gasteiger partial charge in [0.25, 0.3) is 0 Å². The number of alkyl halides is 5. The standard InChI is InChI=1S/C17H18F5N5O2/c1-4-28-16(18,19)14(24)27-9-11(25-8-12(27)23)10-5-6-13(26-7-10)29-15(2,3)17(20,21)22/h5-9,23-24H,4H2,1-3H3. The molecule has 0 atom stereocenters. The highest BCUT2D eigenvalue weighted by Gasteiger charge is 2.50. The van der Waals surface area contributed by atoms with Gasteiger partial charge in [-0.15, -0.1) is 0 Å². The van der Waals surface area contributed by atoms with Crippen molar-refractivity contribution in [2.75, 3.05) is 6.61 Å². The quantitative estimate of drug-likeness (QED) is 0.425. The third-order valence-electron chi connectivity index (χ3n) is 3.75. The van der Waals surface area contributed by atoms with Crippen molar-refractivity contribution in [1.82, 2.24) is 14.5 Å². The van der Waals surface area contributed by atoms with E-state index in [1.54, 1.807) is 0 Å². The monoisotopic (exact) mass is 419 g/mol. The molecule has 158 valence electrons. The summed E-state index contributed by atoms with van der Waals surface area (Å²) in [6, 6.07) is 2.50. The Morgan fingerprint density at radius 3 is 2.28 bits per heavy atom. The first kappa shape index (κ1) is 22.4. The number of rotatable bonds is 6. The summed E-state index contributed by atoms with van der Waals surface area (Å²) in [5.74, 6) is -1.58. The molecule has 0 spiro atoms. The fraction of sp³-hybridized carbons (Fsp3) is 0.412. The lowest BCUT2D eigenvalue weighted by Crippen LogP contribution is -2.44. The van der Waals surface area contributed by atoms with Gasteiger partial charge < -0.3 is 9.47 Å². The Balaban J connectivity index is 2.32. The summed E-state index contributed by atoms with van der Waals surface area (Å²) in [6.07, 6.45) is -5.44. The Bertz CT molecular complexity index is 938. The first-order valence-corrected chi connectivity index (χ1v) is 8.25. The fourth-order valence-corrected chi connectivity index (χ4v) is 2.05. The van der Waals surface area contributed by atoms with E-state index >= 15 is 0 Å². The molecule has 2 heterocycles. The number of hydrogen-bond acceptors (Lipinski definition) is 6. The van der Waals surface area contributed by atoms with E-state index in [1.807, 2.05) is 0 Å². The molecule has 2 rings (SSSR count). The van der Waals surface area contributed by atoms with Crippen LogP contribution in [0.4, 0.5) is 22.0 Å². The largest absolute Gasteiger partial charge is 0.462 e. The van der Waals surface area contributed by atoms with Crippen molar-refractivity contribution in [3.63, 3.8) is 0 Å². The van der Waals surface area contributed by atoms with Crippen molar-refractivity contribution in [2.45, 2.75) is 38.7 Å². The highest BCUT2D eigenvalue weighted by atomic mass is 19.4. The summed E-state index contributed by atoms with van der Waals surface area (Å²) >= 11 is 0. The fourth-order valence-electron chi connectivity index (χ4n) is 2.05. The van der Waals surface area contributed by atoms with Crippen LogP contribution in [0, 0.1) is 10.8 Å². The van der Waals surface area contributed by atoms with Crippen LogP contribution in [-0.2, 0) is 4.74 Å². The minimum absolute atomic E-state index is 0.0622. The summed E-state index contributed by atoms with van der Waals surface area (Å²) in [5, 5.41) is 15.3.